The van der Waals surface area contributed by atoms with Crippen molar-refractivity contribution in [3.63, 3.8) is 0 Å². The largest absolute Gasteiger partial charge is 0.506 e. The number of carbonyl (C=O) groups excluding carboxylic acids is 1. The van der Waals surface area contributed by atoms with E-state index >= 15 is 0 Å². The van der Waals surface area contributed by atoms with Crippen molar-refractivity contribution in [1.82, 2.24) is 0 Å². The lowest BCUT2D eigenvalue weighted by Crippen LogP contribution is -2.35. The number of benzene rings is 2. The van der Waals surface area contributed by atoms with Gasteiger partial charge in [0.1, 0.15) is 11.6 Å². The molecule has 1 aliphatic rings. The molecule has 0 atom stereocenters. The molecule has 0 saturated heterocycles. The number of aromatic hydroxyl groups is 1. The molecule has 0 aromatic heterocycles. The zero-order chi connectivity index (χ0) is 15.0. The minimum absolute atomic E-state index is 0.0769. The first kappa shape index (κ1) is 14.1. The quantitative estimate of drug-likeness (QED) is 0.848. The van der Waals surface area contributed by atoms with Gasteiger partial charge in [-0.1, -0.05) is 12.1 Å². The standard InChI is InChI=1S/C16H13BrFNO2/c17-13-7-6-11(18)9-12(13)16(21)19-8-2-4-10-3-1-5-14(20)15(10)19/h1,3,5-7,9,20H,2,4,8H2. The van der Waals surface area contributed by atoms with E-state index in [-0.39, 0.29) is 17.2 Å². The molecule has 2 aromatic rings. The van der Waals surface area contributed by atoms with Crippen LogP contribution < -0.4 is 4.90 Å². The van der Waals surface area contributed by atoms with Crippen LogP contribution in [0.1, 0.15) is 22.3 Å². The molecule has 5 heteroatoms. The second kappa shape index (κ2) is 5.48. The molecule has 0 radical (unpaired) electrons. The summed E-state index contributed by atoms with van der Waals surface area (Å²) in [6.45, 7) is 0.506. The van der Waals surface area contributed by atoms with Crippen molar-refractivity contribution < 1.29 is 14.3 Å². The summed E-state index contributed by atoms with van der Waals surface area (Å²) in [5.41, 5.74) is 1.72. The van der Waals surface area contributed by atoms with Gasteiger partial charge >= 0.3 is 0 Å². The van der Waals surface area contributed by atoms with Crippen LogP contribution in [0.3, 0.4) is 0 Å². The Morgan fingerprint density at radius 3 is 2.90 bits per heavy atom. The predicted octanol–water partition coefficient (Wildman–Crippen LogP) is 3.89. The lowest BCUT2D eigenvalue weighted by molar-refractivity contribution is 0.0983. The van der Waals surface area contributed by atoms with E-state index in [9.17, 15) is 14.3 Å². The Morgan fingerprint density at radius 2 is 2.10 bits per heavy atom. The van der Waals surface area contributed by atoms with Crippen LogP contribution in [0.5, 0.6) is 5.75 Å². The highest BCUT2D eigenvalue weighted by Crippen LogP contribution is 2.36. The van der Waals surface area contributed by atoms with Crippen molar-refractivity contribution in [1.29, 1.82) is 0 Å². The van der Waals surface area contributed by atoms with Crippen LogP contribution in [0.4, 0.5) is 10.1 Å². The Morgan fingerprint density at radius 1 is 1.29 bits per heavy atom. The first-order valence-electron chi connectivity index (χ1n) is 6.65. The normalized spacial score (nSPS) is 13.9. The third kappa shape index (κ3) is 2.53. The third-order valence-electron chi connectivity index (χ3n) is 3.60. The van der Waals surface area contributed by atoms with E-state index in [1.165, 1.54) is 23.1 Å². The fourth-order valence-corrected chi connectivity index (χ4v) is 3.06. The molecule has 1 N–H and O–H groups in total. The SMILES string of the molecule is O=C(c1cc(F)ccc1Br)N1CCCc2cccc(O)c21. The summed E-state index contributed by atoms with van der Waals surface area (Å²) < 4.78 is 13.9. The van der Waals surface area contributed by atoms with Gasteiger partial charge in [-0.2, -0.15) is 0 Å². The van der Waals surface area contributed by atoms with Gasteiger partial charge in [0.2, 0.25) is 0 Å². The number of amides is 1. The number of nitrogens with zero attached hydrogens (tertiary/aromatic N) is 1. The Labute approximate surface area is 130 Å². The molecule has 108 valence electrons. The van der Waals surface area contributed by atoms with Crippen molar-refractivity contribution >= 4 is 27.5 Å². The molecule has 1 heterocycles. The number of hydrogen-bond acceptors (Lipinski definition) is 2. The van der Waals surface area contributed by atoms with Crippen LogP contribution in [-0.2, 0) is 6.42 Å². The Balaban J connectivity index is 2.06. The molecular weight excluding hydrogens is 337 g/mol. The van der Waals surface area contributed by atoms with E-state index in [1.54, 1.807) is 12.1 Å². The van der Waals surface area contributed by atoms with Crippen LogP contribution in [0.25, 0.3) is 0 Å². The Kier molecular flexibility index (Phi) is 3.68. The third-order valence-corrected chi connectivity index (χ3v) is 4.29. The monoisotopic (exact) mass is 349 g/mol. The summed E-state index contributed by atoms with van der Waals surface area (Å²) >= 11 is 3.28. The highest BCUT2D eigenvalue weighted by Gasteiger charge is 2.27. The Bertz CT molecular complexity index is 717. The van der Waals surface area contributed by atoms with Gasteiger partial charge in [-0.25, -0.2) is 4.39 Å². The first-order valence-corrected chi connectivity index (χ1v) is 7.45. The van der Waals surface area contributed by atoms with E-state index in [0.717, 1.165) is 18.4 Å². The molecule has 2 aromatic carbocycles. The van der Waals surface area contributed by atoms with E-state index in [0.29, 0.717) is 16.7 Å². The van der Waals surface area contributed by atoms with Gasteiger partial charge in [0, 0.05) is 11.0 Å². The molecule has 0 saturated carbocycles. The van der Waals surface area contributed by atoms with Gasteiger partial charge in [0.05, 0.1) is 11.3 Å². The van der Waals surface area contributed by atoms with Crippen molar-refractivity contribution in [2.45, 2.75) is 12.8 Å². The average molecular weight is 350 g/mol. The number of hydrogen-bond donors (Lipinski definition) is 1. The predicted molar refractivity (Wildman–Crippen MR) is 82.2 cm³/mol. The van der Waals surface area contributed by atoms with Crippen molar-refractivity contribution in [3.05, 3.63) is 57.8 Å². The zero-order valence-electron chi connectivity index (χ0n) is 11.1. The molecule has 3 rings (SSSR count). The van der Waals surface area contributed by atoms with Crippen LogP contribution in [-0.4, -0.2) is 17.6 Å². The van der Waals surface area contributed by atoms with Crippen molar-refractivity contribution in [2.24, 2.45) is 0 Å². The molecule has 3 nitrogen and oxygen atoms in total. The van der Waals surface area contributed by atoms with Gasteiger partial charge in [-0.05, 0) is 58.6 Å². The number of fused-ring (bicyclic) bond motifs is 1. The fraction of sp³-hybridized carbons (Fsp3) is 0.188. The lowest BCUT2D eigenvalue weighted by Gasteiger charge is -2.30. The van der Waals surface area contributed by atoms with Crippen LogP contribution in [0.15, 0.2) is 40.9 Å². The van der Waals surface area contributed by atoms with E-state index in [4.69, 9.17) is 0 Å². The molecular formula is C16H13BrFNO2. The van der Waals surface area contributed by atoms with Gasteiger partial charge in [-0.3, -0.25) is 4.79 Å². The second-order valence-corrected chi connectivity index (χ2v) is 5.82. The highest BCUT2D eigenvalue weighted by atomic mass is 79.9. The summed E-state index contributed by atoms with van der Waals surface area (Å²) in [6, 6.07) is 9.24. The van der Waals surface area contributed by atoms with Gasteiger partial charge in [0.25, 0.3) is 5.91 Å². The second-order valence-electron chi connectivity index (χ2n) is 4.97. The summed E-state index contributed by atoms with van der Waals surface area (Å²) in [7, 11) is 0. The molecule has 0 bridgehead atoms. The number of phenolic OH excluding ortho intramolecular Hbond substituents is 1. The van der Waals surface area contributed by atoms with Crippen LogP contribution in [0, 0.1) is 5.82 Å². The number of carbonyl (C=O) groups is 1. The first-order chi connectivity index (χ1) is 10.1. The van der Waals surface area contributed by atoms with Gasteiger partial charge < -0.3 is 10.0 Å². The van der Waals surface area contributed by atoms with E-state index in [2.05, 4.69) is 15.9 Å². The number of para-hydroxylation sites is 1. The molecule has 0 fully saturated rings. The number of anilines is 1. The highest BCUT2D eigenvalue weighted by molar-refractivity contribution is 9.10. The summed E-state index contributed by atoms with van der Waals surface area (Å²) in [5.74, 6) is -0.701. The lowest BCUT2D eigenvalue weighted by atomic mass is 10.00. The number of rotatable bonds is 1. The minimum atomic E-state index is -0.462. The molecule has 0 unspecified atom stereocenters. The van der Waals surface area contributed by atoms with Gasteiger partial charge in [-0.15, -0.1) is 0 Å². The number of aryl methyl sites for hydroxylation is 1. The maximum absolute atomic E-state index is 13.4. The smallest absolute Gasteiger partial charge is 0.259 e. The molecule has 1 aliphatic heterocycles. The summed E-state index contributed by atoms with van der Waals surface area (Å²) in [4.78, 5) is 14.2. The fourth-order valence-electron chi connectivity index (χ4n) is 2.64. The maximum atomic E-state index is 13.4. The minimum Gasteiger partial charge on any atom is -0.506 e. The zero-order valence-corrected chi connectivity index (χ0v) is 12.7. The van der Waals surface area contributed by atoms with E-state index in [1.807, 2.05) is 6.07 Å². The average Bonchev–Trinajstić information content (AvgIpc) is 2.49. The maximum Gasteiger partial charge on any atom is 0.259 e. The van der Waals surface area contributed by atoms with Crippen molar-refractivity contribution in [2.75, 3.05) is 11.4 Å². The molecule has 1 amide bonds. The van der Waals surface area contributed by atoms with Gasteiger partial charge in [0.15, 0.2) is 0 Å². The molecule has 21 heavy (non-hydrogen) atoms. The van der Waals surface area contributed by atoms with Crippen LogP contribution >= 0.6 is 15.9 Å². The summed E-state index contributed by atoms with van der Waals surface area (Å²) in [5, 5.41) is 10.1. The van der Waals surface area contributed by atoms with E-state index < -0.39 is 5.82 Å². The Hall–Kier alpha value is -1.88. The van der Waals surface area contributed by atoms with Crippen molar-refractivity contribution in [3.8, 4) is 5.75 Å². The summed E-state index contributed by atoms with van der Waals surface area (Å²) in [6.07, 6.45) is 1.63. The number of halogens is 2. The van der Waals surface area contributed by atoms with Crippen LogP contribution in [0.2, 0.25) is 0 Å². The topological polar surface area (TPSA) is 40.5 Å². The number of phenols is 1. The molecule has 0 aliphatic carbocycles. The molecule has 0 spiro atoms.